The fourth-order valence-corrected chi connectivity index (χ4v) is 1.29. The molecule has 1 heterocycles. The van der Waals surface area contributed by atoms with Gasteiger partial charge in [0.15, 0.2) is 5.13 Å². The van der Waals surface area contributed by atoms with Crippen molar-refractivity contribution in [1.29, 1.82) is 0 Å². The van der Waals surface area contributed by atoms with E-state index < -0.39 is 0 Å². The Morgan fingerprint density at radius 2 is 2.60 bits per heavy atom. The minimum Gasteiger partial charge on any atom is -0.395 e. The highest BCUT2D eigenvalue weighted by molar-refractivity contribution is 7.15. The Kier molecular flexibility index (Phi) is 2.65. The molecule has 0 spiro atoms. The van der Waals surface area contributed by atoms with Gasteiger partial charge in [0.1, 0.15) is 0 Å². The molecule has 0 aliphatic carbocycles. The average Bonchev–Trinajstić information content (AvgIpc) is 2.31. The lowest BCUT2D eigenvalue weighted by molar-refractivity contribution is 0.311. The van der Waals surface area contributed by atoms with Gasteiger partial charge in [-0.25, -0.2) is 4.98 Å². The van der Waals surface area contributed by atoms with E-state index in [9.17, 15) is 0 Å². The van der Waals surface area contributed by atoms with Gasteiger partial charge < -0.3 is 10.4 Å². The Labute approximate surface area is 63.7 Å². The van der Waals surface area contributed by atoms with E-state index in [0.29, 0.717) is 6.54 Å². The molecule has 0 aliphatic heterocycles. The van der Waals surface area contributed by atoms with Crippen LogP contribution in [0.2, 0.25) is 0 Å². The monoisotopic (exact) mass is 158 g/mol. The predicted molar refractivity (Wildman–Crippen MR) is 42.4 cm³/mol. The summed E-state index contributed by atoms with van der Waals surface area (Å²) in [5, 5.41) is 12.3. The zero-order chi connectivity index (χ0) is 7.40. The number of aliphatic hydroxyl groups excluding tert-OH is 1. The van der Waals surface area contributed by atoms with Gasteiger partial charge in [0.05, 0.1) is 6.61 Å². The lowest BCUT2D eigenvalue weighted by atomic mass is 10.6. The van der Waals surface area contributed by atoms with Gasteiger partial charge in [-0.2, -0.15) is 0 Å². The third-order valence-corrected chi connectivity index (χ3v) is 1.88. The van der Waals surface area contributed by atoms with E-state index in [1.54, 1.807) is 11.3 Å². The molecule has 1 rings (SSSR count). The molecule has 0 saturated carbocycles. The molecule has 2 N–H and O–H groups in total. The normalized spacial score (nSPS) is 9.80. The van der Waals surface area contributed by atoms with E-state index in [1.165, 1.54) is 4.88 Å². The SMILES string of the molecule is Cc1cnc(NCCO)s1. The summed E-state index contributed by atoms with van der Waals surface area (Å²) in [5.74, 6) is 0. The Bertz CT molecular complexity index is 199. The van der Waals surface area contributed by atoms with Crippen LogP contribution in [0.25, 0.3) is 0 Å². The predicted octanol–water partition coefficient (Wildman–Crippen LogP) is 0.856. The molecule has 3 nitrogen and oxygen atoms in total. The van der Waals surface area contributed by atoms with Crippen LogP contribution in [0.15, 0.2) is 6.20 Å². The fourth-order valence-electron chi connectivity index (χ4n) is 0.599. The third-order valence-electron chi connectivity index (χ3n) is 1.01. The highest BCUT2D eigenvalue weighted by atomic mass is 32.1. The summed E-state index contributed by atoms with van der Waals surface area (Å²) in [5.41, 5.74) is 0. The molecule has 1 aromatic rings. The van der Waals surface area contributed by atoms with Crippen LogP contribution >= 0.6 is 11.3 Å². The summed E-state index contributed by atoms with van der Waals surface area (Å²) in [6.45, 7) is 2.73. The first-order valence-corrected chi connectivity index (χ1v) is 3.92. The van der Waals surface area contributed by atoms with Crippen molar-refractivity contribution in [2.45, 2.75) is 6.92 Å². The Morgan fingerprint density at radius 1 is 1.80 bits per heavy atom. The molecule has 10 heavy (non-hydrogen) atoms. The van der Waals surface area contributed by atoms with Crippen LogP contribution in [-0.2, 0) is 0 Å². The quantitative estimate of drug-likeness (QED) is 0.685. The van der Waals surface area contributed by atoms with Crippen molar-refractivity contribution < 1.29 is 5.11 Å². The number of hydrogen-bond donors (Lipinski definition) is 2. The second kappa shape index (κ2) is 3.53. The number of thiazole rings is 1. The molecule has 0 bridgehead atoms. The summed E-state index contributed by atoms with van der Waals surface area (Å²) in [7, 11) is 0. The van der Waals surface area contributed by atoms with Crippen LogP contribution in [0, 0.1) is 6.92 Å². The molecule has 56 valence electrons. The summed E-state index contributed by atoms with van der Waals surface area (Å²) in [6, 6.07) is 0. The molecule has 1 aromatic heterocycles. The second-order valence-electron chi connectivity index (χ2n) is 1.93. The van der Waals surface area contributed by atoms with E-state index in [4.69, 9.17) is 5.11 Å². The van der Waals surface area contributed by atoms with Crippen molar-refractivity contribution in [1.82, 2.24) is 4.98 Å². The number of hydrogen-bond acceptors (Lipinski definition) is 4. The zero-order valence-corrected chi connectivity index (χ0v) is 6.61. The van der Waals surface area contributed by atoms with Crippen LogP contribution in [0.3, 0.4) is 0 Å². The van der Waals surface area contributed by atoms with Gasteiger partial charge in [0, 0.05) is 17.6 Å². The number of nitrogens with zero attached hydrogens (tertiary/aromatic N) is 1. The molecule has 0 aromatic carbocycles. The molecule has 0 fully saturated rings. The number of nitrogens with one attached hydrogen (secondary N) is 1. The van der Waals surface area contributed by atoms with Crippen molar-refractivity contribution in [2.24, 2.45) is 0 Å². The van der Waals surface area contributed by atoms with Crippen molar-refractivity contribution in [3.63, 3.8) is 0 Å². The number of aryl methyl sites for hydroxylation is 1. The first-order valence-electron chi connectivity index (χ1n) is 3.10. The first kappa shape index (κ1) is 7.50. The van der Waals surface area contributed by atoms with Crippen LogP contribution in [-0.4, -0.2) is 23.2 Å². The van der Waals surface area contributed by atoms with Gasteiger partial charge in [0.25, 0.3) is 0 Å². The van der Waals surface area contributed by atoms with Gasteiger partial charge in [-0.3, -0.25) is 0 Å². The molecule has 0 amide bonds. The van der Waals surface area contributed by atoms with Crippen LogP contribution < -0.4 is 5.32 Å². The minimum atomic E-state index is 0.151. The highest BCUT2D eigenvalue weighted by Crippen LogP contribution is 2.15. The molecular weight excluding hydrogens is 148 g/mol. The number of aromatic nitrogens is 1. The van der Waals surface area contributed by atoms with Crippen molar-refractivity contribution in [3.05, 3.63) is 11.1 Å². The van der Waals surface area contributed by atoms with Crippen LogP contribution in [0.5, 0.6) is 0 Å². The van der Waals surface area contributed by atoms with Gasteiger partial charge in [-0.1, -0.05) is 0 Å². The van der Waals surface area contributed by atoms with Gasteiger partial charge in [0.2, 0.25) is 0 Å². The summed E-state index contributed by atoms with van der Waals surface area (Å²) < 4.78 is 0. The zero-order valence-electron chi connectivity index (χ0n) is 5.79. The average molecular weight is 158 g/mol. The van der Waals surface area contributed by atoms with E-state index in [1.807, 2.05) is 13.1 Å². The lowest BCUT2D eigenvalue weighted by Crippen LogP contribution is -2.04. The molecule has 4 heteroatoms. The first-order chi connectivity index (χ1) is 4.83. The van der Waals surface area contributed by atoms with Crippen molar-refractivity contribution >= 4 is 16.5 Å². The maximum absolute atomic E-state index is 8.45. The third kappa shape index (κ3) is 1.97. The maximum Gasteiger partial charge on any atom is 0.182 e. The Balaban J connectivity index is 2.42. The summed E-state index contributed by atoms with van der Waals surface area (Å²) in [4.78, 5) is 5.23. The summed E-state index contributed by atoms with van der Waals surface area (Å²) in [6.07, 6.45) is 1.81. The second-order valence-corrected chi connectivity index (χ2v) is 3.16. The maximum atomic E-state index is 8.45. The smallest absolute Gasteiger partial charge is 0.182 e. The van der Waals surface area contributed by atoms with Gasteiger partial charge in [-0.05, 0) is 6.92 Å². The topological polar surface area (TPSA) is 45.2 Å². The largest absolute Gasteiger partial charge is 0.395 e. The van der Waals surface area contributed by atoms with Gasteiger partial charge in [-0.15, -0.1) is 11.3 Å². The molecule has 0 unspecified atom stereocenters. The lowest BCUT2D eigenvalue weighted by Gasteiger charge is -1.95. The standard InChI is InChI=1S/C6H10N2OS/c1-5-4-8-6(10-5)7-2-3-9/h4,9H,2-3H2,1H3,(H,7,8). The molecule has 0 radical (unpaired) electrons. The number of aliphatic hydroxyl groups is 1. The van der Waals surface area contributed by atoms with E-state index in [0.717, 1.165) is 5.13 Å². The minimum absolute atomic E-state index is 0.151. The molecule has 0 aliphatic rings. The van der Waals surface area contributed by atoms with Gasteiger partial charge >= 0.3 is 0 Å². The number of rotatable bonds is 3. The number of anilines is 1. The molecular formula is C6H10N2OS. The van der Waals surface area contributed by atoms with Crippen LogP contribution in [0.1, 0.15) is 4.88 Å². The van der Waals surface area contributed by atoms with E-state index in [-0.39, 0.29) is 6.61 Å². The van der Waals surface area contributed by atoms with E-state index in [2.05, 4.69) is 10.3 Å². The van der Waals surface area contributed by atoms with Crippen molar-refractivity contribution in [2.75, 3.05) is 18.5 Å². The molecule has 0 atom stereocenters. The van der Waals surface area contributed by atoms with Crippen molar-refractivity contribution in [3.8, 4) is 0 Å². The Hall–Kier alpha value is -0.610. The fraction of sp³-hybridized carbons (Fsp3) is 0.500. The van der Waals surface area contributed by atoms with Crippen LogP contribution in [0.4, 0.5) is 5.13 Å². The molecule has 0 saturated heterocycles. The highest BCUT2D eigenvalue weighted by Gasteiger charge is 1.94. The van der Waals surface area contributed by atoms with E-state index >= 15 is 0 Å². The summed E-state index contributed by atoms with van der Waals surface area (Å²) >= 11 is 1.59. The Morgan fingerprint density at radius 3 is 3.10 bits per heavy atom.